The minimum atomic E-state index is -0.952. The van der Waals surface area contributed by atoms with Crippen LogP contribution in [0.4, 0.5) is 0 Å². The number of nitrogens with two attached hydrogens (primary N) is 1. The van der Waals surface area contributed by atoms with E-state index in [-0.39, 0.29) is 6.54 Å². The molecule has 0 aromatic heterocycles. The molecule has 6 heteroatoms. The zero-order valence-corrected chi connectivity index (χ0v) is 10.4. The molecule has 2 N–H and O–H groups in total. The second kappa shape index (κ2) is 4.55. The Morgan fingerprint density at radius 3 is 2.65 bits per heavy atom. The van der Waals surface area contributed by atoms with E-state index in [1.807, 2.05) is 6.07 Å². The van der Waals surface area contributed by atoms with Gasteiger partial charge in [0.15, 0.2) is 0 Å². The van der Waals surface area contributed by atoms with Gasteiger partial charge in [0.05, 0.1) is 10.0 Å². The highest BCUT2D eigenvalue weighted by Gasteiger charge is 2.25. The Kier molecular flexibility index (Phi) is 3.26. The van der Waals surface area contributed by atoms with E-state index in [0.717, 1.165) is 11.1 Å². The van der Waals surface area contributed by atoms with Crippen LogP contribution >= 0.6 is 23.2 Å². The van der Waals surface area contributed by atoms with Crippen molar-refractivity contribution in [3.8, 4) is 0 Å². The van der Waals surface area contributed by atoms with E-state index in [9.17, 15) is 9.59 Å². The number of carbonyl (C=O) groups excluding carboxylic acids is 2. The summed E-state index contributed by atoms with van der Waals surface area (Å²) in [5, 5.41) is 0.880. The number of hydrogen-bond donors (Lipinski definition) is 1. The fourth-order valence-electron chi connectivity index (χ4n) is 1.89. The third-order valence-electron chi connectivity index (χ3n) is 2.79. The summed E-state index contributed by atoms with van der Waals surface area (Å²) in [7, 11) is 0. The van der Waals surface area contributed by atoms with Crippen LogP contribution in [0.1, 0.15) is 11.1 Å². The van der Waals surface area contributed by atoms with Crippen molar-refractivity contribution in [1.29, 1.82) is 0 Å². The second-order valence-electron chi connectivity index (χ2n) is 3.84. The van der Waals surface area contributed by atoms with Crippen LogP contribution < -0.4 is 5.73 Å². The lowest BCUT2D eigenvalue weighted by Gasteiger charge is -2.28. The van der Waals surface area contributed by atoms with Gasteiger partial charge in [-0.15, -0.1) is 0 Å². The lowest BCUT2D eigenvalue weighted by molar-refractivity contribution is -0.144. The molecule has 0 bridgehead atoms. The van der Waals surface area contributed by atoms with Crippen molar-refractivity contribution in [2.45, 2.75) is 13.0 Å². The van der Waals surface area contributed by atoms with E-state index in [0.29, 0.717) is 23.0 Å². The molecule has 0 saturated carbocycles. The zero-order valence-electron chi connectivity index (χ0n) is 8.87. The summed E-state index contributed by atoms with van der Waals surface area (Å²) in [6.07, 6.45) is 0.644. The molecule has 2 rings (SSSR count). The SMILES string of the molecule is NC(=O)C(=O)N1CCc2ccc(Cl)c(Cl)c2C1. The highest BCUT2D eigenvalue weighted by atomic mass is 35.5. The Bertz CT molecular complexity index is 502. The Labute approximate surface area is 108 Å². The first-order valence-corrected chi connectivity index (χ1v) is 5.80. The summed E-state index contributed by atoms with van der Waals surface area (Å²) in [6.45, 7) is 0.739. The maximum absolute atomic E-state index is 11.5. The molecule has 0 aliphatic carbocycles. The van der Waals surface area contributed by atoms with Crippen molar-refractivity contribution in [1.82, 2.24) is 4.90 Å². The Hall–Kier alpha value is -1.26. The molecule has 1 aliphatic rings. The van der Waals surface area contributed by atoms with Crippen LogP contribution in [-0.2, 0) is 22.6 Å². The van der Waals surface area contributed by atoms with E-state index in [4.69, 9.17) is 28.9 Å². The molecule has 0 unspecified atom stereocenters. The third kappa shape index (κ3) is 2.23. The van der Waals surface area contributed by atoms with Gasteiger partial charge in [-0.3, -0.25) is 9.59 Å². The fourth-order valence-corrected chi connectivity index (χ4v) is 2.31. The van der Waals surface area contributed by atoms with Crippen LogP contribution in [0.3, 0.4) is 0 Å². The summed E-state index contributed by atoms with van der Waals surface area (Å²) in [5.41, 5.74) is 6.81. The van der Waals surface area contributed by atoms with Gasteiger partial charge in [-0.2, -0.15) is 0 Å². The molecule has 4 nitrogen and oxygen atoms in total. The summed E-state index contributed by atoms with van der Waals surface area (Å²) >= 11 is 12.0. The molecule has 0 radical (unpaired) electrons. The number of rotatable bonds is 0. The Morgan fingerprint density at radius 1 is 1.29 bits per heavy atom. The summed E-state index contributed by atoms with van der Waals surface area (Å²) in [6, 6.07) is 3.61. The van der Waals surface area contributed by atoms with Crippen LogP contribution in [0, 0.1) is 0 Å². The van der Waals surface area contributed by atoms with Gasteiger partial charge < -0.3 is 10.6 Å². The van der Waals surface area contributed by atoms with Crippen molar-refractivity contribution in [2.24, 2.45) is 5.73 Å². The van der Waals surface area contributed by atoms with Crippen LogP contribution in [-0.4, -0.2) is 23.3 Å². The van der Waals surface area contributed by atoms with Gasteiger partial charge in [0, 0.05) is 13.1 Å². The quantitative estimate of drug-likeness (QED) is 0.725. The van der Waals surface area contributed by atoms with Crippen molar-refractivity contribution in [3.63, 3.8) is 0 Å². The molecular formula is C11H10Cl2N2O2. The molecule has 0 atom stereocenters. The van der Waals surface area contributed by atoms with E-state index in [1.165, 1.54) is 4.90 Å². The third-order valence-corrected chi connectivity index (χ3v) is 3.63. The van der Waals surface area contributed by atoms with Gasteiger partial charge in [0.25, 0.3) is 0 Å². The molecule has 17 heavy (non-hydrogen) atoms. The van der Waals surface area contributed by atoms with Gasteiger partial charge in [-0.1, -0.05) is 29.3 Å². The van der Waals surface area contributed by atoms with Gasteiger partial charge >= 0.3 is 11.8 Å². The predicted octanol–water partition coefficient (Wildman–Crippen LogP) is 1.36. The first-order chi connectivity index (χ1) is 8.00. The van der Waals surface area contributed by atoms with Crippen LogP contribution in [0.2, 0.25) is 10.0 Å². The maximum atomic E-state index is 11.5. The number of halogens is 2. The monoisotopic (exact) mass is 272 g/mol. The number of fused-ring (bicyclic) bond motifs is 1. The van der Waals surface area contributed by atoms with Gasteiger partial charge in [-0.05, 0) is 23.6 Å². The highest BCUT2D eigenvalue weighted by Crippen LogP contribution is 2.32. The largest absolute Gasteiger partial charge is 0.361 e. The molecular weight excluding hydrogens is 263 g/mol. The first kappa shape index (κ1) is 12.2. The average molecular weight is 273 g/mol. The van der Waals surface area contributed by atoms with Crippen molar-refractivity contribution in [2.75, 3.05) is 6.54 Å². The van der Waals surface area contributed by atoms with Crippen LogP contribution in [0.5, 0.6) is 0 Å². The van der Waals surface area contributed by atoms with Gasteiger partial charge in [0.2, 0.25) is 0 Å². The molecule has 1 aliphatic heterocycles. The molecule has 90 valence electrons. The zero-order chi connectivity index (χ0) is 12.6. The lowest BCUT2D eigenvalue weighted by atomic mass is 9.99. The minimum Gasteiger partial charge on any atom is -0.361 e. The molecule has 0 fully saturated rings. The molecule has 1 aromatic rings. The van der Waals surface area contributed by atoms with Crippen molar-refractivity contribution in [3.05, 3.63) is 33.3 Å². The normalized spacial score (nSPS) is 14.4. The average Bonchev–Trinajstić information content (AvgIpc) is 2.32. The molecule has 0 saturated heterocycles. The first-order valence-electron chi connectivity index (χ1n) is 5.05. The smallest absolute Gasteiger partial charge is 0.311 e. The van der Waals surface area contributed by atoms with E-state index < -0.39 is 11.8 Å². The Balaban J connectivity index is 2.32. The number of hydrogen-bond acceptors (Lipinski definition) is 2. The van der Waals surface area contributed by atoms with Crippen molar-refractivity contribution < 1.29 is 9.59 Å². The molecule has 2 amide bonds. The van der Waals surface area contributed by atoms with E-state index in [1.54, 1.807) is 6.07 Å². The fraction of sp³-hybridized carbons (Fsp3) is 0.273. The number of nitrogens with zero attached hydrogens (tertiary/aromatic N) is 1. The summed E-state index contributed by atoms with van der Waals surface area (Å²) in [4.78, 5) is 23.7. The van der Waals surface area contributed by atoms with Crippen molar-refractivity contribution >= 4 is 35.0 Å². The maximum Gasteiger partial charge on any atom is 0.311 e. The standard InChI is InChI=1S/C11H10Cl2N2O2/c12-8-2-1-6-3-4-15(11(17)10(14)16)5-7(6)9(8)13/h1-2H,3-5H2,(H2,14,16). The summed E-state index contributed by atoms with van der Waals surface area (Å²) in [5.74, 6) is -1.64. The minimum absolute atomic E-state index is 0.274. The van der Waals surface area contributed by atoms with Gasteiger partial charge in [0.1, 0.15) is 0 Å². The van der Waals surface area contributed by atoms with Crippen LogP contribution in [0.15, 0.2) is 12.1 Å². The van der Waals surface area contributed by atoms with E-state index in [2.05, 4.69) is 0 Å². The van der Waals surface area contributed by atoms with Gasteiger partial charge in [-0.25, -0.2) is 0 Å². The lowest BCUT2D eigenvalue weighted by Crippen LogP contribution is -2.43. The number of benzene rings is 1. The number of carbonyl (C=O) groups is 2. The molecule has 1 aromatic carbocycles. The predicted molar refractivity (Wildman–Crippen MR) is 64.8 cm³/mol. The highest BCUT2D eigenvalue weighted by molar-refractivity contribution is 6.42. The van der Waals surface area contributed by atoms with Crippen LogP contribution in [0.25, 0.3) is 0 Å². The topological polar surface area (TPSA) is 63.4 Å². The molecule has 1 heterocycles. The number of primary amides is 1. The summed E-state index contributed by atoms with van der Waals surface area (Å²) < 4.78 is 0. The number of amides is 2. The second-order valence-corrected chi connectivity index (χ2v) is 4.63. The Morgan fingerprint density at radius 2 is 2.00 bits per heavy atom. The van der Waals surface area contributed by atoms with E-state index >= 15 is 0 Å². The molecule has 0 spiro atoms.